The lowest BCUT2D eigenvalue weighted by Crippen LogP contribution is -2.19. The van der Waals surface area contributed by atoms with Crippen LogP contribution in [0.5, 0.6) is 0 Å². The molecule has 0 saturated carbocycles. The second-order valence-electron chi connectivity index (χ2n) is 4.36. The molecule has 0 aromatic heterocycles. The lowest BCUT2D eigenvalue weighted by atomic mass is 9.99. The fourth-order valence-electron chi connectivity index (χ4n) is 1.03. The second kappa shape index (κ2) is 4.26. The van der Waals surface area contributed by atoms with Gasteiger partial charge in [0.1, 0.15) is 6.67 Å². The number of aliphatic imine (C=N–C) groups is 1. The quantitative estimate of drug-likeness (QED) is 0.593. The molecule has 0 N–H and O–H groups in total. The minimum Gasteiger partial charge on any atom is -0.355 e. The Hall–Kier alpha value is -1.05. The molecule has 72 valence electrons. The lowest BCUT2D eigenvalue weighted by Gasteiger charge is -2.18. The summed E-state index contributed by atoms with van der Waals surface area (Å²) < 4.78 is 0. The Bertz CT molecular complexity index is 231. The monoisotopic (exact) mass is 178 g/mol. The molecule has 13 heavy (non-hydrogen) atoms. The van der Waals surface area contributed by atoms with Crippen LogP contribution in [-0.2, 0) is 0 Å². The van der Waals surface area contributed by atoms with Gasteiger partial charge in [-0.2, -0.15) is 0 Å². The van der Waals surface area contributed by atoms with Crippen LogP contribution in [0.4, 0.5) is 0 Å². The Morgan fingerprint density at radius 1 is 1.38 bits per heavy atom. The van der Waals surface area contributed by atoms with E-state index in [4.69, 9.17) is 0 Å². The van der Waals surface area contributed by atoms with Gasteiger partial charge in [0.25, 0.3) is 0 Å². The van der Waals surface area contributed by atoms with Crippen molar-refractivity contribution >= 4 is 6.21 Å². The van der Waals surface area contributed by atoms with Gasteiger partial charge in [0, 0.05) is 19.0 Å². The summed E-state index contributed by atoms with van der Waals surface area (Å²) in [5, 5.41) is 0. The predicted molar refractivity (Wildman–Crippen MR) is 57.8 cm³/mol. The number of allylic oxidation sites excluding steroid dienone is 2. The minimum atomic E-state index is 0.190. The molecule has 0 bridgehead atoms. The average molecular weight is 178 g/mol. The summed E-state index contributed by atoms with van der Waals surface area (Å²) in [6, 6.07) is 0. The fourth-order valence-corrected chi connectivity index (χ4v) is 1.03. The summed E-state index contributed by atoms with van der Waals surface area (Å²) in [4.78, 5) is 6.55. The molecule has 0 spiro atoms. The van der Waals surface area contributed by atoms with Crippen LogP contribution in [0.1, 0.15) is 20.8 Å². The highest BCUT2D eigenvalue weighted by Gasteiger charge is 2.04. The van der Waals surface area contributed by atoms with E-state index in [2.05, 4.69) is 49.0 Å². The molecule has 1 heterocycles. The maximum atomic E-state index is 4.38. The smallest absolute Gasteiger partial charge is 0.109 e. The molecule has 0 aromatic rings. The van der Waals surface area contributed by atoms with Crippen LogP contribution in [0, 0.1) is 5.41 Å². The van der Waals surface area contributed by atoms with Gasteiger partial charge in [0.15, 0.2) is 0 Å². The third-order valence-corrected chi connectivity index (χ3v) is 1.63. The Balaban J connectivity index is 2.30. The highest BCUT2D eigenvalue weighted by molar-refractivity contribution is 5.63. The number of rotatable bonds is 2. The van der Waals surface area contributed by atoms with Gasteiger partial charge in [-0.1, -0.05) is 32.9 Å². The zero-order valence-corrected chi connectivity index (χ0v) is 8.70. The number of nitrogens with zero attached hydrogens (tertiary/aromatic N) is 2. The van der Waals surface area contributed by atoms with Crippen molar-refractivity contribution in [3.05, 3.63) is 24.4 Å². The molecule has 0 fully saturated rings. The minimum absolute atomic E-state index is 0.190. The molecule has 2 nitrogen and oxygen atoms in total. The lowest BCUT2D eigenvalue weighted by molar-refractivity contribution is 0.424. The van der Waals surface area contributed by atoms with Crippen LogP contribution < -0.4 is 0 Å². The maximum Gasteiger partial charge on any atom is 0.109 e. The van der Waals surface area contributed by atoms with E-state index in [0.717, 1.165) is 13.2 Å². The van der Waals surface area contributed by atoms with Crippen molar-refractivity contribution < 1.29 is 0 Å². The van der Waals surface area contributed by atoms with Crippen LogP contribution >= 0.6 is 0 Å². The van der Waals surface area contributed by atoms with E-state index in [1.54, 1.807) is 0 Å². The molecule has 2 heteroatoms. The summed E-state index contributed by atoms with van der Waals surface area (Å²) in [5.74, 6) is 0. The van der Waals surface area contributed by atoms with E-state index in [-0.39, 0.29) is 5.41 Å². The van der Waals surface area contributed by atoms with E-state index in [0.29, 0.717) is 0 Å². The zero-order chi connectivity index (χ0) is 9.73. The SMILES string of the molecule is CC(C)(C)C=NCN1C=CC=CC1. The van der Waals surface area contributed by atoms with Crippen molar-refractivity contribution in [2.75, 3.05) is 13.2 Å². The highest BCUT2D eigenvalue weighted by atomic mass is 15.2. The van der Waals surface area contributed by atoms with Gasteiger partial charge in [-0.3, -0.25) is 4.99 Å². The van der Waals surface area contributed by atoms with Gasteiger partial charge >= 0.3 is 0 Å². The molecule has 0 amide bonds. The molecule has 0 radical (unpaired) electrons. The summed E-state index contributed by atoms with van der Waals surface area (Å²) in [5.41, 5.74) is 0.190. The van der Waals surface area contributed by atoms with Crippen molar-refractivity contribution in [1.29, 1.82) is 0 Å². The van der Waals surface area contributed by atoms with E-state index in [1.807, 2.05) is 12.3 Å². The molecule has 1 aliphatic heterocycles. The molecule has 0 unspecified atom stereocenters. The number of hydrogen-bond acceptors (Lipinski definition) is 2. The molecular formula is C11H18N2. The van der Waals surface area contributed by atoms with E-state index < -0.39 is 0 Å². The van der Waals surface area contributed by atoms with Crippen molar-refractivity contribution in [3.63, 3.8) is 0 Å². The van der Waals surface area contributed by atoms with Gasteiger partial charge in [0.2, 0.25) is 0 Å². The molecule has 1 rings (SSSR count). The van der Waals surface area contributed by atoms with Crippen LogP contribution in [0.3, 0.4) is 0 Å². The average Bonchev–Trinajstić information content (AvgIpc) is 2.04. The largest absolute Gasteiger partial charge is 0.355 e. The Labute approximate surface area is 80.7 Å². The zero-order valence-electron chi connectivity index (χ0n) is 8.70. The predicted octanol–water partition coefficient (Wildman–Crippen LogP) is 2.45. The molecule has 0 atom stereocenters. The van der Waals surface area contributed by atoms with Crippen molar-refractivity contribution in [3.8, 4) is 0 Å². The molecule has 0 saturated heterocycles. The summed E-state index contributed by atoms with van der Waals surface area (Å²) in [7, 11) is 0. The number of hydrogen-bond donors (Lipinski definition) is 0. The van der Waals surface area contributed by atoms with Gasteiger partial charge in [-0.25, -0.2) is 0 Å². The van der Waals surface area contributed by atoms with Gasteiger partial charge in [-0.05, 0) is 11.5 Å². The van der Waals surface area contributed by atoms with Gasteiger partial charge < -0.3 is 4.90 Å². The first-order valence-corrected chi connectivity index (χ1v) is 4.66. The first kappa shape index (κ1) is 10.0. The second-order valence-corrected chi connectivity index (χ2v) is 4.36. The molecular weight excluding hydrogens is 160 g/mol. The normalized spacial score (nSPS) is 17.3. The van der Waals surface area contributed by atoms with Gasteiger partial charge in [0.05, 0.1) is 0 Å². The summed E-state index contributed by atoms with van der Waals surface area (Å²) >= 11 is 0. The Morgan fingerprint density at radius 3 is 2.69 bits per heavy atom. The standard InChI is InChI=1S/C11H18N2/c1-11(2,3)9-12-10-13-7-5-4-6-8-13/h4-7,9H,8,10H2,1-3H3. The van der Waals surface area contributed by atoms with Crippen LogP contribution in [0.2, 0.25) is 0 Å². The first-order chi connectivity index (χ1) is 6.08. The van der Waals surface area contributed by atoms with Crippen molar-refractivity contribution in [2.24, 2.45) is 10.4 Å². The molecule has 1 aliphatic rings. The summed E-state index contributed by atoms with van der Waals surface area (Å²) in [6.45, 7) is 8.20. The van der Waals surface area contributed by atoms with E-state index >= 15 is 0 Å². The third kappa shape index (κ3) is 4.51. The third-order valence-electron chi connectivity index (χ3n) is 1.63. The fraction of sp³-hybridized carbons (Fsp3) is 0.545. The topological polar surface area (TPSA) is 15.6 Å². The van der Waals surface area contributed by atoms with Crippen LogP contribution in [0.15, 0.2) is 29.4 Å². The Kier molecular flexibility index (Phi) is 3.29. The maximum absolute atomic E-state index is 4.38. The van der Waals surface area contributed by atoms with Crippen LogP contribution in [-0.4, -0.2) is 24.3 Å². The first-order valence-electron chi connectivity index (χ1n) is 4.66. The van der Waals surface area contributed by atoms with Crippen LogP contribution in [0.25, 0.3) is 0 Å². The van der Waals surface area contributed by atoms with Crippen molar-refractivity contribution in [1.82, 2.24) is 4.90 Å². The van der Waals surface area contributed by atoms with Crippen molar-refractivity contribution in [2.45, 2.75) is 20.8 Å². The van der Waals surface area contributed by atoms with E-state index in [9.17, 15) is 0 Å². The summed E-state index contributed by atoms with van der Waals surface area (Å²) in [6.07, 6.45) is 10.3. The van der Waals surface area contributed by atoms with Gasteiger partial charge in [-0.15, -0.1) is 0 Å². The van der Waals surface area contributed by atoms with E-state index in [1.165, 1.54) is 0 Å². The Morgan fingerprint density at radius 2 is 2.15 bits per heavy atom. The molecule has 0 aromatic carbocycles. The molecule has 0 aliphatic carbocycles. The highest BCUT2D eigenvalue weighted by Crippen LogP contribution is 2.08.